The standard InChI is InChI=1S/C16H29NO4/c1-15(2,3)21-14(19)17-13(16(4,5)20)12(18)10-11-8-6-7-9-11/h11,13,20H,6-10H2,1-5H3,(H,17,19)/t13-/m0/s1. The van der Waals surface area contributed by atoms with E-state index in [1.807, 2.05) is 0 Å². The van der Waals surface area contributed by atoms with Crippen molar-refractivity contribution in [2.75, 3.05) is 0 Å². The van der Waals surface area contributed by atoms with Gasteiger partial charge in [-0.05, 0) is 40.5 Å². The van der Waals surface area contributed by atoms with Gasteiger partial charge in [0.25, 0.3) is 0 Å². The molecule has 122 valence electrons. The topological polar surface area (TPSA) is 75.6 Å². The van der Waals surface area contributed by atoms with Crippen LogP contribution >= 0.6 is 0 Å². The van der Waals surface area contributed by atoms with Crippen LogP contribution in [0.15, 0.2) is 0 Å². The lowest BCUT2D eigenvalue weighted by Gasteiger charge is -2.30. The Morgan fingerprint density at radius 2 is 1.71 bits per heavy atom. The summed E-state index contributed by atoms with van der Waals surface area (Å²) in [6, 6.07) is -0.937. The zero-order chi connectivity index (χ0) is 16.3. The largest absolute Gasteiger partial charge is 0.444 e. The summed E-state index contributed by atoms with van der Waals surface area (Å²) >= 11 is 0. The summed E-state index contributed by atoms with van der Waals surface area (Å²) < 4.78 is 5.17. The minimum absolute atomic E-state index is 0.125. The van der Waals surface area contributed by atoms with Gasteiger partial charge in [-0.15, -0.1) is 0 Å². The lowest BCUT2D eigenvalue weighted by molar-refractivity contribution is -0.127. The third kappa shape index (κ3) is 6.46. The fourth-order valence-corrected chi connectivity index (χ4v) is 2.69. The minimum Gasteiger partial charge on any atom is -0.444 e. The van der Waals surface area contributed by atoms with Crippen LogP contribution in [0.3, 0.4) is 0 Å². The molecule has 0 saturated heterocycles. The highest BCUT2D eigenvalue weighted by Crippen LogP contribution is 2.29. The molecule has 0 bridgehead atoms. The molecule has 0 aromatic rings. The van der Waals surface area contributed by atoms with Crippen molar-refractivity contribution in [3.8, 4) is 0 Å². The lowest BCUT2D eigenvalue weighted by Crippen LogP contribution is -2.55. The zero-order valence-corrected chi connectivity index (χ0v) is 13.9. The number of ether oxygens (including phenoxy) is 1. The van der Waals surface area contributed by atoms with E-state index in [4.69, 9.17) is 4.74 Å². The molecule has 0 radical (unpaired) electrons. The van der Waals surface area contributed by atoms with E-state index in [1.165, 1.54) is 13.8 Å². The molecular formula is C16H29NO4. The molecule has 1 atom stereocenters. The Morgan fingerprint density at radius 3 is 2.14 bits per heavy atom. The smallest absolute Gasteiger partial charge is 0.408 e. The number of hydrogen-bond acceptors (Lipinski definition) is 4. The van der Waals surface area contributed by atoms with E-state index < -0.39 is 23.3 Å². The predicted octanol–water partition coefficient (Wildman–Crippen LogP) is 2.80. The molecule has 1 amide bonds. The van der Waals surface area contributed by atoms with E-state index in [0.717, 1.165) is 25.7 Å². The molecule has 0 aliphatic heterocycles. The van der Waals surface area contributed by atoms with Gasteiger partial charge in [-0.3, -0.25) is 4.79 Å². The second-order valence-corrected chi connectivity index (χ2v) is 7.55. The Kier molecular flexibility index (Phi) is 5.79. The molecule has 1 rings (SSSR count). The first-order chi connectivity index (χ1) is 9.49. The number of rotatable bonds is 5. The first-order valence-corrected chi connectivity index (χ1v) is 7.73. The van der Waals surface area contributed by atoms with E-state index in [1.54, 1.807) is 20.8 Å². The first kappa shape index (κ1) is 18.0. The van der Waals surface area contributed by atoms with Crippen LogP contribution in [0.4, 0.5) is 4.79 Å². The van der Waals surface area contributed by atoms with Crippen molar-refractivity contribution < 1.29 is 19.4 Å². The number of hydrogen-bond donors (Lipinski definition) is 2. The van der Waals surface area contributed by atoms with Gasteiger partial charge in [0.2, 0.25) is 0 Å². The molecule has 1 fully saturated rings. The number of alkyl carbamates (subject to hydrolysis) is 1. The monoisotopic (exact) mass is 299 g/mol. The quantitative estimate of drug-likeness (QED) is 0.818. The molecule has 1 aliphatic rings. The van der Waals surface area contributed by atoms with Crippen molar-refractivity contribution in [2.24, 2.45) is 5.92 Å². The maximum Gasteiger partial charge on any atom is 0.408 e. The van der Waals surface area contributed by atoms with Gasteiger partial charge in [0.05, 0.1) is 5.60 Å². The summed E-state index contributed by atoms with van der Waals surface area (Å²) in [7, 11) is 0. The van der Waals surface area contributed by atoms with Crippen LogP contribution in [0.25, 0.3) is 0 Å². The van der Waals surface area contributed by atoms with Gasteiger partial charge in [-0.25, -0.2) is 4.79 Å². The highest BCUT2D eigenvalue weighted by molar-refractivity contribution is 5.88. The molecule has 1 aliphatic carbocycles. The molecule has 2 N–H and O–H groups in total. The molecule has 21 heavy (non-hydrogen) atoms. The van der Waals surface area contributed by atoms with E-state index in [-0.39, 0.29) is 5.78 Å². The van der Waals surface area contributed by atoms with Crippen LogP contribution in [0.1, 0.15) is 66.7 Å². The van der Waals surface area contributed by atoms with Crippen LogP contribution in [-0.2, 0) is 9.53 Å². The maximum absolute atomic E-state index is 12.4. The molecular weight excluding hydrogens is 270 g/mol. The third-order valence-electron chi connectivity index (χ3n) is 3.65. The van der Waals surface area contributed by atoms with Gasteiger partial charge < -0.3 is 15.2 Å². The SMILES string of the molecule is CC(C)(C)OC(=O)N[C@@H](C(=O)CC1CCCC1)C(C)(C)O. The molecule has 0 heterocycles. The molecule has 0 spiro atoms. The van der Waals surface area contributed by atoms with E-state index in [9.17, 15) is 14.7 Å². The van der Waals surface area contributed by atoms with Gasteiger partial charge in [0.1, 0.15) is 11.6 Å². The fraction of sp³-hybridized carbons (Fsp3) is 0.875. The van der Waals surface area contributed by atoms with Crippen molar-refractivity contribution in [3.05, 3.63) is 0 Å². The number of amides is 1. The summed E-state index contributed by atoms with van der Waals surface area (Å²) in [5.74, 6) is 0.253. The number of Topliss-reactive ketones (excluding diaryl/α,β-unsaturated/α-hetero) is 1. The Hall–Kier alpha value is -1.10. The van der Waals surface area contributed by atoms with Crippen LogP contribution in [-0.4, -0.2) is 34.2 Å². The molecule has 5 nitrogen and oxygen atoms in total. The van der Waals surface area contributed by atoms with Crippen LogP contribution in [0.5, 0.6) is 0 Å². The average molecular weight is 299 g/mol. The Morgan fingerprint density at radius 1 is 1.19 bits per heavy atom. The summed E-state index contributed by atoms with van der Waals surface area (Å²) in [5, 5.41) is 12.7. The van der Waals surface area contributed by atoms with Gasteiger partial charge in [-0.1, -0.05) is 25.7 Å². The minimum atomic E-state index is -1.31. The second kappa shape index (κ2) is 6.77. The summed E-state index contributed by atoms with van der Waals surface area (Å²) in [6.45, 7) is 8.33. The van der Waals surface area contributed by atoms with Crippen molar-refractivity contribution >= 4 is 11.9 Å². The Balaban J connectivity index is 2.67. The summed E-state index contributed by atoms with van der Waals surface area (Å²) in [6.07, 6.45) is 4.15. The third-order valence-corrected chi connectivity index (χ3v) is 3.65. The normalized spacial score (nSPS) is 18.4. The van der Waals surface area contributed by atoms with Crippen molar-refractivity contribution in [2.45, 2.75) is 84.0 Å². The number of carbonyl (C=O) groups excluding carboxylic acids is 2. The Labute approximate surface area is 127 Å². The maximum atomic E-state index is 12.4. The number of aliphatic hydroxyl groups is 1. The van der Waals surface area contributed by atoms with Gasteiger partial charge in [0.15, 0.2) is 5.78 Å². The van der Waals surface area contributed by atoms with Crippen molar-refractivity contribution in [1.29, 1.82) is 0 Å². The lowest BCUT2D eigenvalue weighted by atomic mass is 9.89. The number of carbonyl (C=O) groups is 2. The van der Waals surface area contributed by atoms with Crippen molar-refractivity contribution in [1.82, 2.24) is 5.32 Å². The first-order valence-electron chi connectivity index (χ1n) is 7.73. The van der Waals surface area contributed by atoms with Crippen LogP contribution in [0, 0.1) is 5.92 Å². The highest BCUT2D eigenvalue weighted by Gasteiger charge is 2.36. The van der Waals surface area contributed by atoms with Gasteiger partial charge in [-0.2, -0.15) is 0 Å². The molecule has 1 saturated carbocycles. The van der Waals surface area contributed by atoms with E-state index in [2.05, 4.69) is 5.32 Å². The molecule has 5 heteroatoms. The predicted molar refractivity (Wildman–Crippen MR) is 81.0 cm³/mol. The summed E-state index contributed by atoms with van der Waals surface area (Å²) in [4.78, 5) is 24.3. The highest BCUT2D eigenvalue weighted by atomic mass is 16.6. The van der Waals surface area contributed by atoms with Gasteiger partial charge in [0, 0.05) is 6.42 Å². The number of ketones is 1. The fourth-order valence-electron chi connectivity index (χ4n) is 2.69. The van der Waals surface area contributed by atoms with Gasteiger partial charge >= 0.3 is 6.09 Å². The molecule has 0 aromatic carbocycles. The van der Waals surface area contributed by atoms with Crippen LogP contribution < -0.4 is 5.32 Å². The average Bonchev–Trinajstić information content (AvgIpc) is 2.74. The zero-order valence-electron chi connectivity index (χ0n) is 13.9. The van der Waals surface area contributed by atoms with Crippen molar-refractivity contribution in [3.63, 3.8) is 0 Å². The molecule has 0 aromatic heterocycles. The van der Waals surface area contributed by atoms with E-state index in [0.29, 0.717) is 12.3 Å². The van der Waals surface area contributed by atoms with E-state index >= 15 is 0 Å². The molecule has 0 unspecified atom stereocenters. The van der Waals surface area contributed by atoms with Crippen LogP contribution in [0.2, 0.25) is 0 Å². The second-order valence-electron chi connectivity index (χ2n) is 7.55. The Bertz CT molecular complexity index is 373. The number of nitrogens with one attached hydrogen (secondary N) is 1. The summed E-state index contributed by atoms with van der Waals surface area (Å²) in [5.41, 5.74) is -1.95.